The topological polar surface area (TPSA) is 0 Å². The molecule has 0 fully saturated rings. The molecule has 7 rings (SSSR count). The summed E-state index contributed by atoms with van der Waals surface area (Å²) in [7, 11) is 0. The van der Waals surface area contributed by atoms with Crippen LogP contribution >= 0.6 is 0 Å². The quantitative estimate of drug-likeness (QED) is 0.159. The van der Waals surface area contributed by atoms with Gasteiger partial charge in [-0.3, -0.25) is 0 Å². The fourth-order valence-electron chi connectivity index (χ4n) is 8.43. The van der Waals surface area contributed by atoms with Crippen molar-refractivity contribution in [1.82, 2.24) is 0 Å². The highest BCUT2D eigenvalue weighted by Crippen LogP contribution is 2.59. The zero-order valence-corrected chi connectivity index (χ0v) is 29.5. The molecule has 0 amide bonds. The molecule has 0 N–H and O–H groups in total. The second-order valence-electron chi connectivity index (χ2n) is 14.3. The van der Waals surface area contributed by atoms with Gasteiger partial charge in [0, 0.05) is 11.0 Å². The zero-order chi connectivity index (χ0) is 40.6. The summed E-state index contributed by atoms with van der Waals surface area (Å²) in [6.45, 7) is 3.12. The molecule has 5 aromatic carbocycles. The summed E-state index contributed by atoms with van der Waals surface area (Å²) in [5.41, 5.74) is -10.5. The van der Waals surface area contributed by atoms with Gasteiger partial charge in [-0.15, -0.1) is 0 Å². The Labute approximate surface area is 312 Å². The molecule has 0 heterocycles. The molecule has 2 aliphatic rings. The van der Waals surface area contributed by atoms with Crippen LogP contribution in [0.1, 0.15) is 43.4 Å². The number of allylic oxidation sites excluding steroid dienone is 4. The largest absolute Gasteiger partial charge is 0.417 e. The highest BCUT2D eigenvalue weighted by atomic mass is 19.4. The van der Waals surface area contributed by atoms with Gasteiger partial charge in [0.1, 0.15) is 0 Å². The second kappa shape index (κ2) is 13.4. The maximum atomic E-state index is 14.8. The highest BCUT2D eigenvalue weighted by molar-refractivity contribution is 6.02. The standard InChI is InChI=1S/C44H30F12/c1-24-18-19-26-11-4-6-14-28(26)39(24)40(2)23-38(44(54,55)56)37(43(51,52)53)22-34(40)31-16-8-7-15-30(31)33-21-36(42(48,49)50)35(41(45,46)47)20-32(33)29-17-9-12-25-10-3-5-13-27(25)29/h3-17,19-22,24H,18,23H2,1-2H3. The monoisotopic (exact) mass is 786 g/mol. The normalized spacial score (nSPS) is 19.5. The Morgan fingerprint density at radius 2 is 1.09 bits per heavy atom. The van der Waals surface area contributed by atoms with Crippen molar-refractivity contribution in [3.8, 4) is 22.3 Å². The minimum atomic E-state index is -5.54. The molecule has 0 spiro atoms. The van der Waals surface area contributed by atoms with Gasteiger partial charge in [-0.25, -0.2) is 0 Å². The Hall–Kier alpha value is -5.26. The first kappa shape index (κ1) is 39.0. The third kappa shape index (κ3) is 6.81. The number of hydrogen-bond acceptors (Lipinski definition) is 0. The lowest BCUT2D eigenvalue weighted by Crippen LogP contribution is -2.41. The maximum Gasteiger partial charge on any atom is 0.417 e. The van der Waals surface area contributed by atoms with Crippen molar-refractivity contribution in [2.75, 3.05) is 0 Å². The van der Waals surface area contributed by atoms with E-state index in [2.05, 4.69) is 0 Å². The van der Waals surface area contributed by atoms with Crippen molar-refractivity contribution in [1.29, 1.82) is 0 Å². The van der Waals surface area contributed by atoms with Crippen molar-refractivity contribution in [2.24, 2.45) is 11.3 Å². The minimum Gasteiger partial charge on any atom is -0.166 e. The van der Waals surface area contributed by atoms with Crippen LogP contribution in [0.15, 0.2) is 120 Å². The SMILES string of the molecule is CC1CC=c2ccccc2=C1C1(C)CC(C(F)(F)F)=C(C(F)(F)F)C=C1c1ccccc1-c1cc(C(F)(F)F)c(C(F)(F)F)cc1-c1cccc2ccccc12. The van der Waals surface area contributed by atoms with Gasteiger partial charge in [0.15, 0.2) is 0 Å². The molecule has 0 aromatic heterocycles. The molecule has 5 aromatic rings. The van der Waals surface area contributed by atoms with Crippen LogP contribution in [0.5, 0.6) is 0 Å². The zero-order valence-electron chi connectivity index (χ0n) is 29.5. The van der Waals surface area contributed by atoms with Crippen LogP contribution in [0.25, 0.3) is 50.2 Å². The van der Waals surface area contributed by atoms with Crippen molar-refractivity contribution in [2.45, 2.75) is 51.4 Å². The van der Waals surface area contributed by atoms with E-state index in [1.54, 1.807) is 61.5 Å². The molecular weight excluding hydrogens is 756 g/mol. The molecule has 0 radical (unpaired) electrons. The van der Waals surface area contributed by atoms with Gasteiger partial charge in [-0.1, -0.05) is 111 Å². The van der Waals surface area contributed by atoms with Crippen molar-refractivity contribution in [3.05, 3.63) is 147 Å². The summed E-state index contributed by atoms with van der Waals surface area (Å²) in [5.74, 6) is -0.499. The molecule has 2 atom stereocenters. The van der Waals surface area contributed by atoms with E-state index in [0.29, 0.717) is 51.4 Å². The Kier molecular flexibility index (Phi) is 9.36. The number of rotatable bonds is 4. The summed E-state index contributed by atoms with van der Waals surface area (Å²) >= 11 is 0. The average Bonchev–Trinajstić information content (AvgIpc) is 3.12. The summed E-state index contributed by atoms with van der Waals surface area (Å²) in [6.07, 6.45) is -20.5. The molecule has 0 saturated carbocycles. The molecular formula is C44H30F12. The highest BCUT2D eigenvalue weighted by Gasteiger charge is 2.53. The van der Waals surface area contributed by atoms with Crippen LogP contribution in [0.2, 0.25) is 0 Å². The van der Waals surface area contributed by atoms with E-state index < -0.39 is 70.3 Å². The van der Waals surface area contributed by atoms with Gasteiger partial charge in [0.05, 0.1) is 16.7 Å². The molecule has 2 unspecified atom stereocenters. The predicted molar refractivity (Wildman–Crippen MR) is 192 cm³/mol. The maximum absolute atomic E-state index is 14.8. The van der Waals surface area contributed by atoms with E-state index in [4.69, 9.17) is 0 Å². The molecule has 0 saturated heterocycles. The number of benzene rings is 5. The van der Waals surface area contributed by atoms with Gasteiger partial charge in [-0.05, 0) is 97.1 Å². The Morgan fingerprint density at radius 1 is 0.554 bits per heavy atom. The minimum absolute atomic E-state index is 0.0995. The van der Waals surface area contributed by atoms with Crippen molar-refractivity contribution in [3.63, 3.8) is 0 Å². The lowest BCUT2D eigenvalue weighted by Gasteiger charge is -2.44. The van der Waals surface area contributed by atoms with E-state index in [1.165, 1.54) is 43.3 Å². The van der Waals surface area contributed by atoms with E-state index in [1.807, 2.05) is 6.08 Å². The lowest BCUT2D eigenvalue weighted by atomic mass is 9.60. The number of fused-ring (bicyclic) bond motifs is 2. The van der Waals surface area contributed by atoms with Crippen LogP contribution in [-0.4, -0.2) is 12.4 Å². The van der Waals surface area contributed by atoms with Gasteiger partial charge < -0.3 is 0 Å². The fourth-order valence-corrected chi connectivity index (χ4v) is 8.43. The summed E-state index contributed by atoms with van der Waals surface area (Å²) < 4.78 is 176. The average molecular weight is 787 g/mol. The first-order valence-corrected chi connectivity index (χ1v) is 17.4. The van der Waals surface area contributed by atoms with Crippen LogP contribution in [-0.2, 0) is 12.4 Å². The first-order chi connectivity index (χ1) is 26.1. The van der Waals surface area contributed by atoms with Gasteiger partial charge in [0.2, 0.25) is 0 Å². The van der Waals surface area contributed by atoms with Crippen LogP contribution in [0.4, 0.5) is 52.7 Å². The Bertz CT molecular complexity index is 2560. The van der Waals surface area contributed by atoms with Gasteiger partial charge >= 0.3 is 24.7 Å². The van der Waals surface area contributed by atoms with E-state index in [0.717, 1.165) is 0 Å². The fraction of sp³-hybridized carbons (Fsp3) is 0.227. The van der Waals surface area contributed by atoms with E-state index in [-0.39, 0.29) is 27.8 Å². The molecule has 12 heteroatoms. The first-order valence-electron chi connectivity index (χ1n) is 17.4. The molecule has 0 bridgehead atoms. The summed E-state index contributed by atoms with van der Waals surface area (Å²) in [5, 5.41) is 2.06. The van der Waals surface area contributed by atoms with Crippen LogP contribution < -0.4 is 10.4 Å². The van der Waals surface area contributed by atoms with Gasteiger partial charge in [-0.2, -0.15) is 52.7 Å². The van der Waals surface area contributed by atoms with Crippen molar-refractivity contribution < 1.29 is 52.7 Å². The smallest absolute Gasteiger partial charge is 0.166 e. The van der Waals surface area contributed by atoms with Crippen molar-refractivity contribution >= 4 is 28.0 Å². The molecule has 290 valence electrons. The Balaban J connectivity index is 1.64. The third-order valence-electron chi connectivity index (χ3n) is 10.8. The number of alkyl halides is 12. The predicted octanol–water partition coefficient (Wildman–Crippen LogP) is 13.1. The van der Waals surface area contributed by atoms with E-state index >= 15 is 0 Å². The lowest BCUT2D eigenvalue weighted by molar-refractivity contribution is -0.162. The Morgan fingerprint density at radius 3 is 1.71 bits per heavy atom. The number of hydrogen-bond donors (Lipinski definition) is 0. The molecule has 2 aliphatic carbocycles. The molecule has 0 nitrogen and oxygen atoms in total. The third-order valence-corrected chi connectivity index (χ3v) is 10.8. The number of halogens is 12. The molecule has 0 aliphatic heterocycles. The molecule has 56 heavy (non-hydrogen) atoms. The van der Waals surface area contributed by atoms with Crippen LogP contribution in [0.3, 0.4) is 0 Å². The van der Waals surface area contributed by atoms with Gasteiger partial charge in [0.25, 0.3) is 0 Å². The van der Waals surface area contributed by atoms with Crippen LogP contribution in [0, 0.1) is 11.3 Å². The summed E-state index contributed by atoms with van der Waals surface area (Å²) in [4.78, 5) is 0. The summed E-state index contributed by atoms with van der Waals surface area (Å²) in [6, 6.07) is 23.8. The van der Waals surface area contributed by atoms with E-state index in [9.17, 15) is 52.7 Å². The second-order valence-corrected chi connectivity index (χ2v) is 14.3.